The zero-order chi connectivity index (χ0) is 12.1. The van der Waals surface area contributed by atoms with E-state index in [0.29, 0.717) is 0 Å². The standard InChI is InChI=1S/C13H19N3/c1-6-8-12-14-11(4)10(3)13(15-12)16(5)9-7-2/h6-9H,1-5H3. The quantitative estimate of drug-likeness (QED) is 0.779. The molecule has 0 aromatic carbocycles. The fourth-order valence-electron chi connectivity index (χ4n) is 1.50. The Kier molecular flexibility index (Phi) is 4.23. The summed E-state index contributed by atoms with van der Waals surface area (Å²) in [5.74, 6) is 1.72. The van der Waals surface area contributed by atoms with Crippen molar-refractivity contribution in [3.8, 4) is 0 Å². The van der Waals surface area contributed by atoms with Crippen molar-refractivity contribution in [2.75, 3.05) is 11.9 Å². The van der Waals surface area contributed by atoms with E-state index in [-0.39, 0.29) is 0 Å². The molecule has 0 atom stereocenters. The molecule has 0 unspecified atom stereocenters. The van der Waals surface area contributed by atoms with Gasteiger partial charge < -0.3 is 4.90 Å². The van der Waals surface area contributed by atoms with Gasteiger partial charge in [-0.25, -0.2) is 9.97 Å². The first-order valence-corrected chi connectivity index (χ1v) is 5.43. The fraction of sp³-hybridized carbons (Fsp3) is 0.385. The zero-order valence-electron chi connectivity index (χ0n) is 10.7. The highest BCUT2D eigenvalue weighted by atomic mass is 15.2. The molecule has 0 bridgehead atoms. The second-order valence-corrected chi connectivity index (χ2v) is 3.71. The third-order valence-electron chi connectivity index (χ3n) is 2.40. The Morgan fingerprint density at radius 1 is 1.06 bits per heavy atom. The first-order chi connectivity index (χ1) is 7.60. The Labute approximate surface area is 97.5 Å². The van der Waals surface area contributed by atoms with Gasteiger partial charge in [-0.15, -0.1) is 0 Å². The van der Waals surface area contributed by atoms with E-state index in [4.69, 9.17) is 0 Å². The van der Waals surface area contributed by atoms with Crippen molar-refractivity contribution in [3.05, 3.63) is 35.4 Å². The van der Waals surface area contributed by atoms with Gasteiger partial charge in [-0.1, -0.05) is 12.2 Å². The van der Waals surface area contributed by atoms with Gasteiger partial charge in [0, 0.05) is 24.5 Å². The van der Waals surface area contributed by atoms with Crippen LogP contribution < -0.4 is 4.90 Å². The van der Waals surface area contributed by atoms with Gasteiger partial charge in [-0.3, -0.25) is 0 Å². The van der Waals surface area contributed by atoms with Crippen LogP contribution in [0.15, 0.2) is 18.4 Å². The van der Waals surface area contributed by atoms with E-state index in [0.717, 1.165) is 22.9 Å². The number of hydrogen-bond donors (Lipinski definition) is 0. The number of anilines is 1. The molecule has 0 fully saturated rings. The minimum atomic E-state index is 0.761. The van der Waals surface area contributed by atoms with Crippen molar-refractivity contribution in [2.45, 2.75) is 27.7 Å². The van der Waals surface area contributed by atoms with Crippen molar-refractivity contribution < 1.29 is 0 Å². The van der Waals surface area contributed by atoms with Crippen LogP contribution in [0.3, 0.4) is 0 Å². The number of aromatic nitrogens is 2. The molecule has 0 amide bonds. The predicted octanol–water partition coefficient (Wildman–Crippen LogP) is 3.10. The predicted molar refractivity (Wildman–Crippen MR) is 69.4 cm³/mol. The molecule has 0 aliphatic carbocycles. The Bertz CT molecular complexity index is 419. The highest BCUT2D eigenvalue weighted by molar-refractivity contribution is 5.53. The molecule has 0 saturated heterocycles. The second-order valence-electron chi connectivity index (χ2n) is 3.71. The van der Waals surface area contributed by atoms with Crippen molar-refractivity contribution in [3.63, 3.8) is 0 Å². The summed E-state index contributed by atoms with van der Waals surface area (Å²) < 4.78 is 0. The maximum absolute atomic E-state index is 4.52. The minimum absolute atomic E-state index is 0.761. The van der Waals surface area contributed by atoms with E-state index in [1.807, 2.05) is 64.1 Å². The Morgan fingerprint density at radius 2 is 1.75 bits per heavy atom. The Morgan fingerprint density at radius 3 is 2.31 bits per heavy atom. The molecule has 0 saturated carbocycles. The monoisotopic (exact) mass is 217 g/mol. The number of hydrogen-bond acceptors (Lipinski definition) is 3. The van der Waals surface area contributed by atoms with Gasteiger partial charge in [-0.05, 0) is 33.8 Å². The van der Waals surface area contributed by atoms with E-state index in [1.165, 1.54) is 0 Å². The second kappa shape index (κ2) is 5.45. The van der Waals surface area contributed by atoms with Gasteiger partial charge in [-0.2, -0.15) is 0 Å². The van der Waals surface area contributed by atoms with Crippen molar-refractivity contribution in [1.29, 1.82) is 0 Å². The molecule has 3 nitrogen and oxygen atoms in total. The summed E-state index contributed by atoms with van der Waals surface area (Å²) in [6.45, 7) is 8.02. The summed E-state index contributed by atoms with van der Waals surface area (Å²) in [6.07, 6.45) is 7.85. The van der Waals surface area contributed by atoms with Crippen LogP contribution >= 0.6 is 0 Å². The van der Waals surface area contributed by atoms with Crippen LogP contribution in [0.5, 0.6) is 0 Å². The smallest absolute Gasteiger partial charge is 0.154 e. The van der Waals surface area contributed by atoms with Crippen LogP contribution in [0.25, 0.3) is 6.08 Å². The Hall–Kier alpha value is -1.64. The summed E-state index contributed by atoms with van der Waals surface area (Å²) in [7, 11) is 1.99. The third-order valence-corrected chi connectivity index (χ3v) is 2.40. The molecule has 0 aliphatic heterocycles. The van der Waals surface area contributed by atoms with Crippen LogP contribution in [0.2, 0.25) is 0 Å². The van der Waals surface area contributed by atoms with Crippen molar-refractivity contribution in [1.82, 2.24) is 9.97 Å². The first-order valence-electron chi connectivity index (χ1n) is 5.43. The highest BCUT2D eigenvalue weighted by Gasteiger charge is 2.08. The fourth-order valence-corrected chi connectivity index (χ4v) is 1.50. The van der Waals surface area contributed by atoms with Crippen molar-refractivity contribution in [2.24, 2.45) is 0 Å². The molecule has 0 spiro atoms. The molecule has 1 aromatic rings. The van der Waals surface area contributed by atoms with Crippen LogP contribution in [0.4, 0.5) is 5.82 Å². The van der Waals surface area contributed by atoms with Gasteiger partial charge in [0.1, 0.15) is 5.82 Å². The number of allylic oxidation sites excluding steroid dienone is 2. The van der Waals surface area contributed by atoms with E-state index in [9.17, 15) is 0 Å². The molecular formula is C13H19N3. The van der Waals surface area contributed by atoms with E-state index < -0.39 is 0 Å². The molecular weight excluding hydrogens is 198 g/mol. The maximum atomic E-state index is 4.52. The van der Waals surface area contributed by atoms with Gasteiger partial charge >= 0.3 is 0 Å². The molecule has 86 valence electrons. The number of nitrogens with zero attached hydrogens (tertiary/aromatic N) is 3. The summed E-state index contributed by atoms with van der Waals surface area (Å²) in [5, 5.41) is 0. The lowest BCUT2D eigenvalue weighted by Gasteiger charge is -2.17. The molecule has 1 rings (SSSR count). The molecule has 0 aliphatic rings. The maximum Gasteiger partial charge on any atom is 0.154 e. The number of aryl methyl sites for hydroxylation is 1. The topological polar surface area (TPSA) is 29.0 Å². The summed E-state index contributed by atoms with van der Waals surface area (Å²) in [6, 6.07) is 0. The first kappa shape index (κ1) is 12.4. The van der Waals surface area contributed by atoms with Crippen LogP contribution in [0, 0.1) is 13.8 Å². The molecule has 0 radical (unpaired) electrons. The lowest BCUT2D eigenvalue weighted by Crippen LogP contribution is -2.13. The molecule has 16 heavy (non-hydrogen) atoms. The largest absolute Gasteiger partial charge is 0.336 e. The third kappa shape index (κ3) is 2.69. The molecule has 0 N–H and O–H groups in total. The van der Waals surface area contributed by atoms with E-state index in [2.05, 4.69) is 9.97 Å². The molecule has 1 aromatic heterocycles. The zero-order valence-corrected chi connectivity index (χ0v) is 10.7. The summed E-state index contributed by atoms with van der Waals surface area (Å²) in [4.78, 5) is 10.9. The summed E-state index contributed by atoms with van der Waals surface area (Å²) in [5.41, 5.74) is 2.14. The van der Waals surface area contributed by atoms with Crippen LogP contribution in [-0.2, 0) is 0 Å². The lowest BCUT2D eigenvalue weighted by molar-refractivity contribution is 0.995. The normalized spacial score (nSPS) is 11.6. The van der Waals surface area contributed by atoms with Gasteiger partial charge in [0.2, 0.25) is 0 Å². The number of rotatable bonds is 3. The lowest BCUT2D eigenvalue weighted by atomic mass is 10.2. The Balaban J connectivity index is 3.25. The molecule has 3 heteroatoms. The summed E-state index contributed by atoms with van der Waals surface area (Å²) >= 11 is 0. The average Bonchev–Trinajstić information content (AvgIpc) is 2.23. The molecule has 1 heterocycles. The van der Waals surface area contributed by atoms with E-state index in [1.54, 1.807) is 0 Å². The van der Waals surface area contributed by atoms with Crippen LogP contribution in [-0.4, -0.2) is 17.0 Å². The van der Waals surface area contributed by atoms with Gasteiger partial charge in [0.15, 0.2) is 5.82 Å². The van der Waals surface area contributed by atoms with Gasteiger partial charge in [0.05, 0.1) is 0 Å². The van der Waals surface area contributed by atoms with Gasteiger partial charge in [0.25, 0.3) is 0 Å². The van der Waals surface area contributed by atoms with Crippen molar-refractivity contribution >= 4 is 11.9 Å². The SMILES string of the molecule is CC=Cc1nc(C)c(C)c(N(C)C=CC)n1. The van der Waals surface area contributed by atoms with E-state index >= 15 is 0 Å². The minimum Gasteiger partial charge on any atom is -0.336 e. The average molecular weight is 217 g/mol. The van der Waals surface area contributed by atoms with Crippen LogP contribution in [0.1, 0.15) is 30.9 Å². The highest BCUT2D eigenvalue weighted by Crippen LogP contribution is 2.19.